The number of aliphatic imine (C=N–C) groups is 1. The summed E-state index contributed by atoms with van der Waals surface area (Å²) >= 11 is 2.67. The highest BCUT2D eigenvalue weighted by atomic mass is 32.2. The van der Waals surface area contributed by atoms with E-state index in [1.807, 2.05) is 0 Å². The van der Waals surface area contributed by atoms with Gasteiger partial charge in [0.05, 0.1) is 35.5 Å². The van der Waals surface area contributed by atoms with Crippen LogP contribution in [0.2, 0.25) is 0 Å². The zero-order valence-corrected chi connectivity index (χ0v) is 34.2. The molecule has 7 N–H and O–H groups in total. The Hall–Kier alpha value is -4.12. The molecule has 17 heteroatoms. The van der Waals surface area contributed by atoms with E-state index in [0.717, 1.165) is 19.3 Å². The van der Waals surface area contributed by atoms with Gasteiger partial charge in [-0.05, 0) is 38.2 Å². The van der Waals surface area contributed by atoms with Crippen molar-refractivity contribution in [3.05, 3.63) is 27.2 Å². The van der Waals surface area contributed by atoms with Gasteiger partial charge in [0.1, 0.15) is 17.1 Å². The SMILES string of the molecule is CCCCCCCCCCCCCC(=O)N[C@H](CC(N)=O)C(=O)N[C@@H](C)CCC(=O)C1=C(CC(=O)NCC2=NC(c3nc(C(=O)O)cs3)CS2)C2(CC2)NC1=O. The summed E-state index contributed by atoms with van der Waals surface area (Å²) in [5, 5.41) is 23.0. The van der Waals surface area contributed by atoms with Crippen molar-refractivity contribution in [3.8, 4) is 0 Å². The predicted octanol–water partition coefficient (Wildman–Crippen LogP) is 4.41. The largest absolute Gasteiger partial charge is 0.476 e. The molecule has 56 heavy (non-hydrogen) atoms. The number of unbranched alkanes of at least 4 members (excludes halogenated alkanes) is 10. The van der Waals surface area contributed by atoms with Crippen molar-refractivity contribution in [1.29, 1.82) is 0 Å². The molecule has 0 saturated heterocycles. The van der Waals surface area contributed by atoms with Crippen LogP contribution in [0.5, 0.6) is 0 Å². The smallest absolute Gasteiger partial charge is 0.355 e. The Kier molecular flexibility index (Phi) is 17.5. The number of nitrogens with one attached hydrogen (secondary N) is 4. The van der Waals surface area contributed by atoms with Gasteiger partial charge in [0.25, 0.3) is 5.91 Å². The number of nitrogens with zero attached hydrogens (tertiary/aromatic N) is 2. The summed E-state index contributed by atoms with van der Waals surface area (Å²) in [5.74, 6) is -3.51. The number of nitrogens with two attached hydrogens (primary N) is 1. The molecule has 3 aliphatic rings. The molecule has 3 heterocycles. The molecule has 1 fully saturated rings. The van der Waals surface area contributed by atoms with Crippen LogP contribution in [0.1, 0.15) is 151 Å². The van der Waals surface area contributed by atoms with E-state index < -0.39 is 47.1 Å². The average molecular weight is 816 g/mol. The number of primary amides is 1. The van der Waals surface area contributed by atoms with E-state index in [2.05, 4.69) is 38.2 Å². The third-order valence-electron chi connectivity index (χ3n) is 10.3. The quantitative estimate of drug-likeness (QED) is 0.0540. The lowest BCUT2D eigenvalue weighted by molar-refractivity contribution is -0.131. The topological polar surface area (TPSA) is 239 Å². The fourth-order valence-electron chi connectivity index (χ4n) is 6.93. The molecule has 4 rings (SSSR count). The first-order chi connectivity index (χ1) is 26.8. The minimum Gasteiger partial charge on any atom is -0.476 e. The highest BCUT2D eigenvalue weighted by Crippen LogP contribution is 2.48. The molecule has 308 valence electrons. The van der Waals surface area contributed by atoms with Crippen molar-refractivity contribution in [3.63, 3.8) is 0 Å². The van der Waals surface area contributed by atoms with Crippen LogP contribution < -0.4 is 27.0 Å². The molecule has 1 saturated carbocycles. The van der Waals surface area contributed by atoms with Gasteiger partial charge in [0.15, 0.2) is 11.5 Å². The molecule has 1 aliphatic carbocycles. The minimum absolute atomic E-state index is 0.0249. The van der Waals surface area contributed by atoms with E-state index in [1.165, 1.54) is 73.4 Å². The fraction of sp³-hybridized carbons (Fsp3) is 0.667. The fourth-order valence-corrected chi connectivity index (χ4v) is 8.83. The molecular formula is C39H57N7O8S2. The standard InChI is InChI=1S/C39H57N7O8S2/c1-3-4-5-6-7-8-9-10-11-12-13-14-31(49)43-26(20-30(40)48)35(51)42-24(2)15-16-29(47)34-25(39(17-18-39)46-36(34)52)19-32(50)41-21-33-44-27(22-55-33)37-45-28(23-56-37)38(53)54/h23-24,26-27H,3-22H2,1-2H3,(H2,40,48)(H,41,50)(H,42,51)(H,43,49)(H,46,52)(H,53,54)/t24-,26+,27?/m0/s1. The molecule has 0 aromatic carbocycles. The zero-order valence-electron chi connectivity index (χ0n) is 32.5. The van der Waals surface area contributed by atoms with E-state index in [1.54, 1.807) is 6.92 Å². The molecule has 0 bridgehead atoms. The second-order valence-electron chi connectivity index (χ2n) is 15.0. The number of carbonyl (C=O) groups is 7. The van der Waals surface area contributed by atoms with Crippen molar-refractivity contribution in [2.75, 3.05) is 12.3 Å². The maximum atomic E-state index is 13.5. The normalized spacial score (nSPS) is 17.9. The summed E-state index contributed by atoms with van der Waals surface area (Å²) in [7, 11) is 0. The number of carboxylic acid groups (broad SMARTS) is 1. The van der Waals surface area contributed by atoms with E-state index in [0.29, 0.717) is 40.6 Å². The number of carboxylic acids is 1. The Morgan fingerprint density at radius 3 is 2.23 bits per heavy atom. The summed E-state index contributed by atoms with van der Waals surface area (Å²) in [5.41, 5.74) is 5.09. The number of carbonyl (C=O) groups excluding carboxylic acids is 6. The average Bonchev–Trinajstić information content (AvgIpc) is 3.44. The summed E-state index contributed by atoms with van der Waals surface area (Å²) in [6.07, 6.45) is 13.7. The molecule has 0 radical (unpaired) electrons. The first kappa shape index (κ1) is 44.6. The van der Waals surface area contributed by atoms with Gasteiger partial charge < -0.3 is 32.1 Å². The molecule has 1 aromatic rings. The highest BCUT2D eigenvalue weighted by Gasteiger charge is 2.55. The van der Waals surface area contributed by atoms with Crippen LogP contribution in [0, 0.1) is 0 Å². The number of hydrogen-bond donors (Lipinski definition) is 6. The van der Waals surface area contributed by atoms with Crippen LogP contribution in [-0.2, 0) is 28.8 Å². The van der Waals surface area contributed by atoms with Crippen LogP contribution in [0.4, 0.5) is 0 Å². The molecule has 1 spiro atoms. The number of ketones is 1. The molecular weight excluding hydrogens is 759 g/mol. The summed E-state index contributed by atoms with van der Waals surface area (Å²) in [6.45, 7) is 4.05. The molecule has 15 nitrogen and oxygen atoms in total. The molecule has 5 amide bonds. The Morgan fingerprint density at radius 1 is 0.964 bits per heavy atom. The number of rotatable bonds is 27. The third kappa shape index (κ3) is 13.8. The summed E-state index contributed by atoms with van der Waals surface area (Å²) in [6, 6.07) is -1.98. The third-order valence-corrected chi connectivity index (χ3v) is 12.3. The molecule has 3 atom stereocenters. The summed E-state index contributed by atoms with van der Waals surface area (Å²) < 4.78 is 0. The van der Waals surface area contributed by atoms with Gasteiger partial charge in [-0.25, -0.2) is 9.78 Å². The Morgan fingerprint density at radius 2 is 1.62 bits per heavy atom. The van der Waals surface area contributed by atoms with Gasteiger partial charge in [-0.3, -0.25) is 33.8 Å². The molecule has 2 aliphatic heterocycles. The highest BCUT2D eigenvalue weighted by molar-refractivity contribution is 8.14. The lowest BCUT2D eigenvalue weighted by atomic mass is 9.94. The number of aromatic carboxylic acids is 1. The Bertz CT molecular complexity index is 1670. The first-order valence-electron chi connectivity index (χ1n) is 19.9. The summed E-state index contributed by atoms with van der Waals surface area (Å²) in [4.78, 5) is 96.9. The number of thiazole rings is 1. The number of aromatic nitrogens is 1. The maximum Gasteiger partial charge on any atom is 0.355 e. The molecule has 1 unspecified atom stereocenters. The number of thioether (sulfide) groups is 1. The second-order valence-corrected chi connectivity index (χ2v) is 17.0. The van der Waals surface area contributed by atoms with Crippen LogP contribution >= 0.6 is 23.1 Å². The van der Waals surface area contributed by atoms with Crippen molar-refractivity contribution in [1.82, 2.24) is 26.3 Å². The first-order valence-corrected chi connectivity index (χ1v) is 21.8. The lowest BCUT2D eigenvalue weighted by Crippen LogP contribution is -2.50. The van der Waals surface area contributed by atoms with Gasteiger partial charge in [-0.1, -0.05) is 71.1 Å². The van der Waals surface area contributed by atoms with Crippen molar-refractivity contribution in [2.24, 2.45) is 10.7 Å². The van der Waals surface area contributed by atoms with Crippen molar-refractivity contribution >= 4 is 69.4 Å². The van der Waals surface area contributed by atoms with Gasteiger partial charge in [0.2, 0.25) is 23.6 Å². The Labute approximate surface area is 336 Å². The van der Waals surface area contributed by atoms with Crippen LogP contribution in [0.15, 0.2) is 21.5 Å². The minimum atomic E-state index is -1.15. The van der Waals surface area contributed by atoms with Gasteiger partial charge in [-0.15, -0.1) is 23.1 Å². The van der Waals surface area contributed by atoms with Crippen LogP contribution in [0.3, 0.4) is 0 Å². The van der Waals surface area contributed by atoms with Crippen LogP contribution in [0.25, 0.3) is 0 Å². The number of amides is 5. The second kappa shape index (κ2) is 22.0. The van der Waals surface area contributed by atoms with Gasteiger partial charge in [0, 0.05) is 30.0 Å². The lowest BCUT2D eigenvalue weighted by Gasteiger charge is -2.20. The van der Waals surface area contributed by atoms with E-state index in [4.69, 9.17) is 10.8 Å². The maximum absolute atomic E-state index is 13.5. The monoisotopic (exact) mass is 815 g/mol. The van der Waals surface area contributed by atoms with E-state index in [-0.39, 0.29) is 67.8 Å². The van der Waals surface area contributed by atoms with Crippen molar-refractivity contribution in [2.45, 2.75) is 153 Å². The van der Waals surface area contributed by atoms with Gasteiger partial charge in [-0.2, -0.15) is 0 Å². The van der Waals surface area contributed by atoms with Crippen LogP contribution in [-0.4, -0.2) is 86.3 Å². The Balaban J connectivity index is 1.21. The van der Waals surface area contributed by atoms with E-state index in [9.17, 15) is 33.6 Å². The molecule has 1 aromatic heterocycles. The predicted molar refractivity (Wildman–Crippen MR) is 215 cm³/mol. The number of hydrogen-bond acceptors (Lipinski definition) is 11. The zero-order chi connectivity index (χ0) is 40.7. The van der Waals surface area contributed by atoms with Crippen molar-refractivity contribution < 1.29 is 38.7 Å². The number of Topliss-reactive ketones (excluding diaryl/α,β-unsaturated/α-hetero) is 1. The van der Waals surface area contributed by atoms with E-state index >= 15 is 0 Å². The van der Waals surface area contributed by atoms with Gasteiger partial charge >= 0.3 is 5.97 Å².